The predicted octanol–water partition coefficient (Wildman–Crippen LogP) is 1.04. The molecule has 0 spiro atoms. The van der Waals surface area contributed by atoms with Crippen molar-refractivity contribution in [2.75, 3.05) is 20.6 Å². The third-order valence-electron chi connectivity index (χ3n) is 3.49. The second-order valence-electron chi connectivity index (χ2n) is 4.61. The van der Waals surface area contributed by atoms with Crippen molar-refractivity contribution in [1.29, 1.82) is 0 Å². The van der Waals surface area contributed by atoms with E-state index in [1.54, 1.807) is 11.1 Å². The molecule has 4 nitrogen and oxygen atoms in total. The van der Waals surface area contributed by atoms with E-state index in [1.165, 1.54) is 17.1 Å². The minimum atomic E-state index is -0.0222. The second-order valence-corrected chi connectivity index (χ2v) is 4.99. The number of hydrogen-bond acceptors (Lipinski definition) is 3. The molecule has 5 heteroatoms. The van der Waals surface area contributed by atoms with E-state index in [-0.39, 0.29) is 11.9 Å². The van der Waals surface area contributed by atoms with Crippen molar-refractivity contribution in [3.8, 4) is 0 Å². The summed E-state index contributed by atoms with van der Waals surface area (Å²) < 4.78 is 1.55. The topological polar surface area (TPSA) is 26.6 Å². The van der Waals surface area contributed by atoms with Crippen LogP contribution in [-0.2, 0) is 17.2 Å². The van der Waals surface area contributed by atoms with Gasteiger partial charge in [0, 0.05) is 26.2 Å². The van der Waals surface area contributed by atoms with Gasteiger partial charge in [0.15, 0.2) is 0 Å². The minimum absolute atomic E-state index is 0.00463. The number of likely N-dealkylation sites (tertiary alicyclic amines) is 1. The van der Waals surface area contributed by atoms with Crippen molar-refractivity contribution in [2.24, 2.45) is 0 Å². The van der Waals surface area contributed by atoms with Gasteiger partial charge in [-0.3, -0.25) is 4.79 Å². The molecule has 0 radical (unpaired) electrons. The standard InChI is InChI=1S/C12H18N3OS/c1-9-11(12(16)14(3)15(9)17)7-6-10-5-4-8-13(10)2/h6-7,9H,4-5,8H2,1-3H3/q+1. The van der Waals surface area contributed by atoms with Gasteiger partial charge in [0.2, 0.25) is 6.04 Å². The van der Waals surface area contributed by atoms with E-state index in [2.05, 4.69) is 18.0 Å². The van der Waals surface area contributed by atoms with E-state index >= 15 is 0 Å². The van der Waals surface area contributed by atoms with E-state index in [0.717, 1.165) is 18.5 Å². The Labute approximate surface area is 107 Å². The van der Waals surface area contributed by atoms with Crippen LogP contribution in [0.4, 0.5) is 0 Å². The number of carbonyl (C=O) groups is 1. The van der Waals surface area contributed by atoms with Crippen LogP contribution in [0.2, 0.25) is 0 Å². The lowest BCUT2D eigenvalue weighted by Crippen LogP contribution is -2.27. The van der Waals surface area contributed by atoms with Crippen LogP contribution in [-0.4, -0.2) is 46.6 Å². The van der Waals surface area contributed by atoms with Gasteiger partial charge in [-0.15, -0.1) is 5.01 Å². The maximum absolute atomic E-state index is 11.9. The molecule has 0 aromatic carbocycles. The Bertz CT molecular complexity index is 427. The molecule has 1 atom stereocenters. The fourth-order valence-electron chi connectivity index (χ4n) is 2.27. The monoisotopic (exact) mass is 252 g/mol. The molecule has 2 aliphatic heterocycles. The molecule has 0 aliphatic carbocycles. The summed E-state index contributed by atoms with van der Waals surface area (Å²) in [6, 6.07) is -0.0222. The fourth-order valence-corrected chi connectivity index (χ4v) is 2.46. The van der Waals surface area contributed by atoms with Crippen molar-refractivity contribution in [3.63, 3.8) is 0 Å². The number of nitrogens with zero attached hydrogens (tertiary/aromatic N) is 3. The minimum Gasteiger partial charge on any atom is -0.378 e. The first-order valence-corrected chi connectivity index (χ1v) is 6.25. The largest absolute Gasteiger partial charge is 0.378 e. The van der Waals surface area contributed by atoms with E-state index < -0.39 is 0 Å². The molecular weight excluding hydrogens is 234 g/mol. The van der Waals surface area contributed by atoms with Crippen LogP contribution in [0.25, 0.3) is 0 Å². The van der Waals surface area contributed by atoms with Gasteiger partial charge in [0.25, 0.3) is 12.4 Å². The van der Waals surface area contributed by atoms with E-state index in [1.807, 2.05) is 13.0 Å². The maximum atomic E-state index is 11.9. The van der Waals surface area contributed by atoms with Crippen molar-refractivity contribution >= 4 is 18.3 Å². The zero-order valence-corrected chi connectivity index (χ0v) is 11.3. The third kappa shape index (κ3) is 2.11. The Balaban J connectivity index is 2.23. The Morgan fingerprint density at radius 2 is 2.12 bits per heavy atom. The Kier molecular flexibility index (Phi) is 3.28. The summed E-state index contributed by atoms with van der Waals surface area (Å²) in [7, 11) is 3.80. The molecular formula is C12H18N3OS+. The molecule has 92 valence electrons. The SMILES string of the molecule is CC1C(=CC=C2CCCN2C)C(=O)N(C)[N+]1=S. The molecule has 2 saturated heterocycles. The highest BCUT2D eigenvalue weighted by atomic mass is 32.1. The van der Waals surface area contributed by atoms with Gasteiger partial charge < -0.3 is 4.90 Å². The third-order valence-corrected chi connectivity index (χ3v) is 4.05. The Morgan fingerprint density at radius 3 is 2.59 bits per heavy atom. The number of rotatable bonds is 1. The average Bonchev–Trinajstić information content (AvgIpc) is 2.78. The van der Waals surface area contributed by atoms with Crippen LogP contribution in [0.1, 0.15) is 19.8 Å². The lowest BCUT2D eigenvalue weighted by Gasteiger charge is -2.11. The smallest absolute Gasteiger partial charge is 0.311 e. The number of allylic oxidation sites excluding steroid dienone is 3. The number of hydrogen-bond donors (Lipinski definition) is 0. The maximum Gasteiger partial charge on any atom is 0.311 e. The Morgan fingerprint density at radius 1 is 1.41 bits per heavy atom. The summed E-state index contributed by atoms with van der Waals surface area (Å²) in [6.45, 7) is 3.06. The van der Waals surface area contributed by atoms with Crippen LogP contribution >= 0.6 is 0 Å². The summed E-state index contributed by atoms with van der Waals surface area (Å²) in [6.07, 6.45) is 6.27. The molecule has 0 bridgehead atoms. The van der Waals surface area contributed by atoms with Crippen molar-refractivity contribution in [1.82, 2.24) is 9.91 Å². The molecule has 2 rings (SSSR count). The van der Waals surface area contributed by atoms with E-state index in [9.17, 15) is 4.79 Å². The number of carbonyl (C=O) groups excluding carboxylic acids is 1. The summed E-state index contributed by atoms with van der Waals surface area (Å²) >= 11 is 5.14. The molecule has 0 N–H and O–H groups in total. The zero-order valence-electron chi connectivity index (χ0n) is 10.5. The molecule has 2 aliphatic rings. The van der Waals surface area contributed by atoms with Crippen LogP contribution in [0.15, 0.2) is 23.4 Å². The van der Waals surface area contributed by atoms with Crippen molar-refractivity contribution in [2.45, 2.75) is 25.8 Å². The molecule has 2 fully saturated rings. The first-order chi connectivity index (χ1) is 8.02. The van der Waals surface area contributed by atoms with E-state index in [0.29, 0.717) is 0 Å². The predicted molar refractivity (Wildman–Crippen MR) is 67.9 cm³/mol. The highest BCUT2D eigenvalue weighted by molar-refractivity contribution is 7.44. The van der Waals surface area contributed by atoms with E-state index in [4.69, 9.17) is 12.4 Å². The van der Waals surface area contributed by atoms with Crippen molar-refractivity contribution in [3.05, 3.63) is 23.4 Å². The zero-order chi connectivity index (χ0) is 12.6. The fraction of sp³-hybridized carbons (Fsp3) is 0.583. The number of hydrazine groups is 1. The van der Waals surface area contributed by atoms with Crippen LogP contribution < -0.4 is 0 Å². The summed E-state index contributed by atoms with van der Waals surface area (Å²) in [5, 5.41) is 1.49. The molecule has 2 heterocycles. The molecule has 0 aromatic rings. The molecule has 0 saturated carbocycles. The molecule has 1 amide bonds. The summed E-state index contributed by atoms with van der Waals surface area (Å²) in [4.78, 5) is 14.2. The highest BCUT2D eigenvalue weighted by Gasteiger charge is 2.42. The molecule has 1 unspecified atom stereocenters. The highest BCUT2D eigenvalue weighted by Crippen LogP contribution is 2.22. The Hall–Kier alpha value is -1.23. The normalized spacial score (nSPS) is 30.2. The number of likely N-dealkylation sites (N-methyl/N-ethyl adjacent to an activating group) is 1. The summed E-state index contributed by atoms with van der Waals surface area (Å²) in [5.41, 5.74) is 2.07. The molecule has 17 heavy (non-hydrogen) atoms. The number of amides is 1. The quantitative estimate of drug-likeness (QED) is 0.515. The van der Waals surface area contributed by atoms with Crippen molar-refractivity contribution < 1.29 is 8.85 Å². The van der Waals surface area contributed by atoms with Gasteiger partial charge in [-0.1, -0.05) is 0 Å². The van der Waals surface area contributed by atoms with Crippen LogP contribution in [0.3, 0.4) is 0 Å². The lowest BCUT2D eigenvalue weighted by molar-refractivity contribution is -0.646. The van der Waals surface area contributed by atoms with Crippen LogP contribution in [0, 0.1) is 0 Å². The summed E-state index contributed by atoms with van der Waals surface area (Å²) in [5.74, 6) is 0.00463. The molecule has 0 aromatic heterocycles. The van der Waals surface area contributed by atoms with Gasteiger partial charge in [-0.05, 0) is 29.0 Å². The van der Waals surface area contributed by atoms with Gasteiger partial charge in [-0.2, -0.15) is 0 Å². The van der Waals surface area contributed by atoms with Crippen LogP contribution in [0.5, 0.6) is 0 Å². The van der Waals surface area contributed by atoms with Gasteiger partial charge in [-0.25, -0.2) is 0 Å². The lowest BCUT2D eigenvalue weighted by atomic mass is 10.1. The second kappa shape index (κ2) is 4.56. The van der Waals surface area contributed by atoms with Gasteiger partial charge >= 0.3 is 5.91 Å². The first-order valence-electron chi connectivity index (χ1n) is 5.88. The van der Waals surface area contributed by atoms with Gasteiger partial charge in [0.1, 0.15) is 0 Å². The van der Waals surface area contributed by atoms with Gasteiger partial charge in [0.05, 0.1) is 12.6 Å². The average molecular weight is 252 g/mol. The first kappa shape index (κ1) is 12.2.